The molecule has 2 rings (SSSR count). The largest absolute Gasteiger partial charge is 0.397 e. The molecule has 5 heteroatoms. The van der Waals surface area contributed by atoms with Crippen LogP contribution >= 0.6 is 0 Å². The van der Waals surface area contributed by atoms with Gasteiger partial charge in [-0.2, -0.15) is 0 Å². The SMILES string of the molecule is Cc1ncn(-c2cc(C(N)=O)ccc2N)c1C. The van der Waals surface area contributed by atoms with Crippen LogP contribution in [0.1, 0.15) is 21.7 Å². The highest BCUT2D eigenvalue weighted by Gasteiger charge is 2.10. The van der Waals surface area contributed by atoms with Gasteiger partial charge in [0.25, 0.3) is 0 Å². The molecule has 1 aromatic carbocycles. The summed E-state index contributed by atoms with van der Waals surface area (Å²) in [5.74, 6) is -0.472. The van der Waals surface area contributed by atoms with E-state index in [0.717, 1.165) is 17.1 Å². The highest BCUT2D eigenvalue weighted by molar-refractivity contribution is 5.94. The summed E-state index contributed by atoms with van der Waals surface area (Å²) >= 11 is 0. The van der Waals surface area contributed by atoms with Gasteiger partial charge >= 0.3 is 0 Å². The van der Waals surface area contributed by atoms with Crippen molar-refractivity contribution in [2.45, 2.75) is 13.8 Å². The molecule has 1 amide bonds. The van der Waals surface area contributed by atoms with Crippen LogP contribution in [-0.2, 0) is 0 Å². The first kappa shape index (κ1) is 11.2. The summed E-state index contributed by atoms with van der Waals surface area (Å²) < 4.78 is 1.84. The predicted octanol–water partition coefficient (Wildman–Crippen LogP) is 1.17. The van der Waals surface area contributed by atoms with Gasteiger partial charge < -0.3 is 16.0 Å². The number of rotatable bonds is 2. The standard InChI is InChI=1S/C12H14N4O/c1-7-8(2)16(6-15-7)11-5-9(12(14)17)3-4-10(11)13/h3-6H,13H2,1-2H3,(H2,14,17). The van der Waals surface area contributed by atoms with Gasteiger partial charge in [0.05, 0.1) is 23.4 Å². The monoisotopic (exact) mass is 230 g/mol. The number of hydrogen-bond donors (Lipinski definition) is 2. The number of aromatic nitrogens is 2. The zero-order chi connectivity index (χ0) is 12.6. The Hall–Kier alpha value is -2.30. The lowest BCUT2D eigenvalue weighted by Crippen LogP contribution is -2.12. The minimum absolute atomic E-state index is 0.431. The summed E-state index contributed by atoms with van der Waals surface area (Å²) in [4.78, 5) is 15.3. The van der Waals surface area contributed by atoms with Crippen molar-refractivity contribution in [2.24, 2.45) is 5.73 Å². The second kappa shape index (κ2) is 3.93. The van der Waals surface area contributed by atoms with Crippen molar-refractivity contribution in [3.8, 4) is 5.69 Å². The molecule has 0 aliphatic heterocycles. The van der Waals surface area contributed by atoms with Crippen LogP contribution in [0, 0.1) is 13.8 Å². The third kappa shape index (κ3) is 1.87. The van der Waals surface area contributed by atoms with Gasteiger partial charge in [0.2, 0.25) is 5.91 Å². The maximum Gasteiger partial charge on any atom is 0.248 e. The highest BCUT2D eigenvalue weighted by atomic mass is 16.1. The van der Waals surface area contributed by atoms with E-state index in [1.807, 2.05) is 18.4 Å². The Labute approximate surface area is 99.1 Å². The van der Waals surface area contributed by atoms with E-state index in [9.17, 15) is 4.79 Å². The number of nitrogen functional groups attached to an aromatic ring is 1. The number of aryl methyl sites for hydroxylation is 1. The summed E-state index contributed by atoms with van der Waals surface area (Å²) in [6.45, 7) is 3.86. The van der Waals surface area contributed by atoms with Crippen molar-refractivity contribution in [3.63, 3.8) is 0 Å². The second-order valence-corrected chi connectivity index (χ2v) is 3.92. The number of benzene rings is 1. The summed E-state index contributed by atoms with van der Waals surface area (Å²) in [7, 11) is 0. The average molecular weight is 230 g/mol. The lowest BCUT2D eigenvalue weighted by Gasteiger charge is -2.10. The van der Waals surface area contributed by atoms with E-state index in [2.05, 4.69) is 4.98 Å². The Morgan fingerprint density at radius 2 is 2.06 bits per heavy atom. The normalized spacial score (nSPS) is 10.5. The van der Waals surface area contributed by atoms with Crippen molar-refractivity contribution < 1.29 is 4.79 Å². The van der Waals surface area contributed by atoms with Gasteiger partial charge in [-0.1, -0.05) is 0 Å². The van der Waals surface area contributed by atoms with E-state index in [1.54, 1.807) is 24.5 Å². The Morgan fingerprint density at radius 1 is 1.35 bits per heavy atom. The molecule has 17 heavy (non-hydrogen) atoms. The zero-order valence-electron chi connectivity index (χ0n) is 9.77. The average Bonchev–Trinajstić information content (AvgIpc) is 2.60. The van der Waals surface area contributed by atoms with E-state index in [1.165, 1.54) is 0 Å². The fraction of sp³-hybridized carbons (Fsp3) is 0.167. The third-order valence-corrected chi connectivity index (χ3v) is 2.83. The van der Waals surface area contributed by atoms with Crippen LogP contribution in [-0.4, -0.2) is 15.5 Å². The summed E-state index contributed by atoms with van der Waals surface area (Å²) in [6, 6.07) is 4.95. The van der Waals surface area contributed by atoms with Gasteiger partial charge in [-0.15, -0.1) is 0 Å². The van der Waals surface area contributed by atoms with Crippen molar-refractivity contribution >= 4 is 11.6 Å². The maximum atomic E-state index is 11.1. The predicted molar refractivity (Wildman–Crippen MR) is 66.0 cm³/mol. The van der Waals surface area contributed by atoms with Crippen LogP contribution in [0.3, 0.4) is 0 Å². The van der Waals surface area contributed by atoms with E-state index < -0.39 is 5.91 Å². The summed E-state index contributed by atoms with van der Waals surface area (Å²) in [5, 5.41) is 0. The number of carbonyl (C=O) groups excluding carboxylic acids is 1. The third-order valence-electron chi connectivity index (χ3n) is 2.83. The van der Waals surface area contributed by atoms with Crippen LogP contribution in [0.5, 0.6) is 0 Å². The topological polar surface area (TPSA) is 86.9 Å². The summed E-state index contributed by atoms with van der Waals surface area (Å²) in [6.07, 6.45) is 1.68. The number of nitrogens with zero attached hydrogens (tertiary/aromatic N) is 2. The molecule has 88 valence electrons. The quantitative estimate of drug-likeness (QED) is 0.759. The lowest BCUT2D eigenvalue weighted by molar-refractivity contribution is 0.100. The molecule has 2 aromatic rings. The summed E-state index contributed by atoms with van der Waals surface area (Å²) in [5.41, 5.74) is 14.8. The lowest BCUT2D eigenvalue weighted by atomic mass is 10.1. The van der Waals surface area contributed by atoms with Gasteiger partial charge in [-0.25, -0.2) is 4.98 Å². The molecule has 1 aromatic heterocycles. The molecule has 0 aliphatic rings. The van der Waals surface area contributed by atoms with Crippen LogP contribution < -0.4 is 11.5 Å². The Morgan fingerprint density at radius 3 is 2.59 bits per heavy atom. The maximum absolute atomic E-state index is 11.1. The molecule has 1 heterocycles. The Balaban J connectivity index is 2.62. The molecule has 0 aliphatic carbocycles. The van der Waals surface area contributed by atoms with E-state index in [4.69, 9.17) is 11.5 Å². The van der Waals surface area contributed by atoms with Gasteiger partial charge in [-0.3, -0.25) is 4.79 Å². The van der Waals surface area contributed by atoms with E-state index >= 15 is 0 Å². The minimum atomic E-state index is -0.472. The van der Waals surface area contributed by atoms with Crippen molar-refractivity contribution in [1.29, 1.82) is 0 Å². The van der Waals surface area contributed by atoms with Crippen molar-refractivity contribution in [3.05, 3.63) is 41.5 Å². The Bertz CT molecular complexity index is 586. The molecule has 0 fully saturated rings. The molecule has 0 bridgehead atoms. The number of anilines is 1. The first-order valence-electron chi connectivity index (χ1n) is 5.21. The highest BCUT2D eigenvalue weighted by Crippen LogP contribution is 2.21. The zero-order valence-corrected chi connectivity index (χ0v) is 9.77. The Kier molecular flexibility index (Phi) is 2.59. The fourth-order valence-corrected chi connectivity index (χ4v) is 1.65. The van der Waals surface area contributed by atoms with E-state index in [0.29, 0.717) is 11.3 Å². The first-order valence-corrected chi connectivity index (χ1v) is 5.21. The number of hydrogen-bond acceptors (Lipinski definition) is 3. The molecule has 0 atom stereocenters. The van der Waals surface area contributed by atoms with Gasteiger partial charge in [0.15, 0.2) is 0 Å². The van der Waals surface area contributed by atoms with Crippen LogP contribution in [0.25, 0.3) is 5.69 Å². The van der Waals surface area contributed by atoms with Gasteiger partial charge in [0.1, 0.15) is 0 Å². The number of amides is 1. The molecular formula is C12H14N4O. The molecule has 0 unspecified atom stereocenters. The van der Waals surface area contributed by atoms with Crippen LogP contribution in [0.2, 0.25) is 0 Å². The molecule has 4 N–H and O–H groups in total. The minimum Gasteiger partial charge on any atom is -0.397 e. The molecular weight excluding hydrogens is 216 g/mol. The number of nitrogens with two attached hydrogens (primary N) is 2. The van der Waals surface area contributed by atoms with Crippen molar-refractivity contribution in [2.75, 3.05) is 5.73 Å². The van der Waals surface area contributed by atoms with Crippen LogP contribution in [0.15, 0.2) is 24.5 Å². The first-order chi connectivity index (χ1) is 8.00. The number of carbonyl (C=O) groups is 1. The second-order valence-electron chi connectivity index (χ2n) is 3.92. The van der Waals surface area contributed by atoms with Gasteiger partial charge in [-0.05, 0) is 32.0 Å². The molecule has 0 radical (unpaired) electrons. The van der Waals surface area contributed by atoms with E-state index in [-0.39, 0.29) is 0 Å². The smallest absolute Gasteiger partial charge is 0.248 e. The molecule has 0 saturated carbocycles. The molecule has 0 saturated heterocycles. The van der Waals surface area contributed by atoms with Crippen molar-refractivity contribution in [1.82, 2.24) is 9.55 Å². The molecule has 5 nitrogen and oxygen atoms in total. The molecule has 0 spiro atoms. The van der Waals surface area contributed by atoms with Crippen LogP contribution in [0.4, 0.5) is 5.69 Å². The fourth-order valence-electron chi connectivity index (χ4n) is 1.65. The number of primary amides is 1. The number of imidazole rings is 1. The van der Waals surface area contributed by atoms with Gasteiger partial charge in [0, 0.05) is 11.3 Å².